The molecule has 0 radical (unpaired) electrons. The minimum absolute atomic E-state index is 0.00120. The number of aliphatic hydroxyl groups is 1. The van der Waals surface area contributed by atoms with E-state index in [0.717, 1.165) is 38.5 Å². The molecule has 5 saturated carbocycles. The zero-order valence-electron chi connectivity index (χ0n) is 26.4. The number of hydrogen-bond donors (Lipinski definition) is 2. The fraction of sp³-hybridized carbons (Fsp3) is 0.941. The molecule has 0 aromatic rings. The fourth-order valence-electron chi connectivity index (χ4n) is 13.0. The van der Waals surface area contributed by atoms with Gasteiger partial charge in [-0.15, -0.1) is 0 Å². The van der Waals surface area contributed by atoms with Crippen LogP contribution in [0.25, 0.3) is 0 Å². The van der Waals surface area contributed by atoms with Gasteiger partial charge in [0, 0.05) is 30.3 Å². The van der Waals surface area contributed by atoms with Gasteiger partial charge >= 0.3 is 12.1 Å². The predicted octanol–water partition coefficient (Wildman–Crippen LogP) is 5.50. The normalized spacial score (nSPS) is 52.2. The van der Waals surface area contributed by atoms with Gasteiger partial charge in [0.25, 0.3) is 0 Å². The van der Waals surface area contributed by atoms with E-state index in [1.54, 1.807) is 4.90 Å². The van der Waals surface area contributed by atoms with Gasteiger partial charge in [0.1, 0.15) is 6.10 Å². The van der Waals surface area contributed by atoms with Crippen LogP contribution in [0.15, 0.2) is 0 Å². The smallest absolute Gasteiger partial charge is 0.410 e. The summed E-state index contributed by atoms with van der Waals surface area (Å²) in [5.41, 5.74) is 0.209. The molecule has 2 heterocycles. The number of carboxylic acids is 1. The highest BCUT2D eigenvalue weighted by molar-refractivity contribution is 5.68. The van der Waals surface area contributed by atoms with E-state index < -0.39 is 12.1 Å². The van der Waals surface area contributed by atoms with Gasteiger partial charge in [0.15, 0.2) is 0 Å². The average molecular weight is 588 g/mol. The molecule has 0 aromatic heterocycles. The van der Waals surface area contributed by atoms with E-state index in [-0.39, 0.29) is 57.9 Å². The quantitative estimate of drug-likeness (QED) is 0.447. The Bertz CT molecular complexity index is 1120. The highest BCUT2D eigenvalue weighted by atomic mass is 16.6. The first kappa shape index (κ1) is 29.3. The first-order valence-electron chi connectivity index (χ1n) is 16.9. The Hall–Kier alpha value is -1.38. The molecule has 0 bridgehead atoms. The summed E-state index contributed by atoms with van der Waals surface area (Å²) >= 11 is 0. The Morgan fingerprint density at radius 3 is 2.38 bits per heavy atom. The second kappa shape index (κ2) is 9.56. The number of hydrogen-bond acceptors (Lipinski definition) is 6. The summed E-state index contributed by atoms with van der Waals surface area (Å²) in [5, 5.41) is 21.6. The minimum Gasteiger partial charge on any atom is -0.481 e. The van der Waals surface area contributed by atoms with Crippen molar-refractivity contribution in [1.29, 1.82) is 0 Å². The van der Waals surface area contributed by atoms with E-state index in [0.29, 0.717) is 56.4 Å². The van der Waals surface area contributed by atoms with Crippen LogP contribution in [0.5, 0.6) is 0 Å². The number of carbonyl (C=O) groups is 2. The van der Waals surface area contributed by atoms with Crippen molar-refractivity contribution in [3.63, 3.8) is 0 Å². The van der Waals surface area contributed by atoms with Crippen LogP contribution in [0.4, 0.5) is 4.79 Å². The number of ether oxygens (including phenoxy) is 3. The third-order valence-corrected chi connectivity index (χ3v) is 15.0. The van der Waals surface area contributed by atoms with Crippen LogP contribution >= 0.6 is 0 Å². The molecule has 236 valence electrons. The van der Waals surface area contributed by atoms with Crippen molar-refractivity contribution >= 4 is 12.1 Å². The number of morpholine rings is 1. The summed E-state index contributed by atoms with van der Waals surface area (Å²) < 4.78 is 18.4. The molecule has 8 heteroatoms. The lowest BCUT2D eigenvalue weighted by Crippen LogP contribution is -2.60. The van der Waals surface area contributed by atoms with Crippen molar-refractivity contribution < 1.29 is 34.0 Å². The molecule has 8 nitrogen and oxygen atoms in total. The van der Waals surface area contributed by atoms with E-state index in [9.17, 15) is 19.8 Å². The van der Waals surface area contributed by atoms with Crippen molar-refractivity contribution in [1.82, 2.24) is 4.90 Å². The summed E-state index contributed by atoms with van der Waals surface area (Å²) in [6, 6.07) is 0. The fourth-order valence-corrected chi connectivity index (χ4v) is 13.0. The topological polar surface area (TPSA) is 106 Å². The molecule has 42 heavy (non-hydrogen) atoms. The van der Waals surface area contributed by atoms with E-state index in [1.807, 2.05) is 0 Å². The van der Waals surface area contributed by atoms with Crippen molar-refractivity contribution in [2.75, 3.05) is 26.3 Å². The monoisotopic (exact) mass is 587 g/mol. The highest BCUT2D eigenvalue weighted by Crippen LogP contribution is 2.89. The number of amides is 1. The molecule has 7 aliphatic rings. The van der Waals surface area contributed by atoms with E-state index in [1.165, 1.54) is 12.8 Å². The number of fused-ring (bicyclic) bond motifs is 4. The summed E-state index contributed by atoms with van der Waals surface area (Å²) in [4.78, 5) is 26.2. The third-order valence-electron chi connectivity index (χ3n) is 15.0. The maximum Gasteiger partial charge on any atom is 0.410 e. The molecule has 0 aromatic carbocycles. The first-order valence-corrected chi connectivity index (χ1v) is 16.9. The maximum absolute atomic E-state index is 13.1. The SMILES string of the molecule is C[C@@H]1CC(CCC(=O)O)OC2C1C1(C)CCC34CC35CCC(OC(=O)N3CCOCC3)C(C)(C)[C@@H]5CCC4[C@]1(C)[C@H]2O. The highest BCUT2D eigenvalue weighted by Gasteiger charge is 2.84. The minimum atomic E-state index is -0.779. The van der Waals surface area contributed by atoms with E-state index in [4.69, 9.17) is 14.2 Å². The van der Waals surface area contributed by atoms with Crippen molar-refractivity contribution in [2.45, 2.75) is 123 Å². The Labute approximate surface area is 251 Å². The zero-order valence-corrected chi connectivity index (χ0v) is 26.4. The molecular formula is C34H53NO7. The number of carboxylic acid groups (broad SMARTS) is 1. The molecule has 12 atom stereocenters. The van der Waals surface area contributed by atoms with Gasteiger partial charge in [-0.3, -0.25) is 4.79 Å². The molecular weight excluding hydrogens is 534 g/mol. The Morgan fingerprint density at radius 2 is 1.67 bits per heavy atom. The number of nitrogens with zero attached hydrogens (tertiary/aromatic N) is 1. The summed E-state index contributed by atoms with van der Waals surface area (Å²) in [6.07, 6.45) is 8.29. The van der Waals surface area contributed by atoms with E-state index in [2.05, 4.69) is 34.6 Å². The van der Waals surface area contributed by atoms with Crippen LogP contribution in [0, 0.1) is 50.7 Å². The van der Waals surface area contributed by atoms with Crippen LogP contribution < -0.4 is 0 Å². The lowest BCUT2D eigenvalue weighted by molar-refractivity contribution is -0.183. The third kappa shape index (κ3) is 3.70. The average Bonchev–Trinajstić information content (AvgIpc) is 3.58. The Kier molecular flexibility index (Phi) is 6.68. The van der Waals surface area contributed by atoms with Crippen LogP contribution in [-0.2, 0) is 19.0 Å². The largest absolute Gasteiger partial charge is 0.481 e. The lowest BCUT2D eigenvalue weighted by Gasteiger charge is -2.63. The predicted molar refractivity (Wildman–Crippen MR) is 156 cm³/mol. The molecule has 1 amide bonds. The maximum atomic E-state index is 13.1. The van der Waals surface area contributed by atoms with Crippen molar-refractivity contribution in [3.05, 3.63) is 0 Å². The van der Waals surface area contributed by atoms with Gasteiger partial charge in [-0.2, -0.15) is 0 Å². The molecule has 2 aliphatic heterocycles. The van der Waals surface area contributed by atoms with Crippen LogP contribution in [-0.4, -0.2) is 77.9 Å². The molecule has 5 aliphatic carbocycles. The number of rotatable bonds is 4. The zero-order chi connectivity index (χ0) is 29.9. The molecule has 2 N–H and O–H groups in total. The van der Waals surface area contributed by atoms with Gasteiger partial charge in [0.2, 0.25) is 0 Å². The summed E-state index contributed by atoms with van der Waals surface area (Å²) in [5.74, 6) is 0.895. The van der Waals surface area contributed by atoms with Crippen LogP contribution in [0.2, 0.25) is 0 Å². The molecule has 7 rings (SSSR count). The Balaban J connectivity index is 1.13. The number of carbonyl (C=O) groups excluding carboxylic acids is 1. The summed E-state index contributed by atoms with van der Waals surface area (Å²) in [7, 11) is 0. The lowest BCUT2D eigenvalue weighted by atomic mass is 9.41. The second-order valence-electron chi connectivity index (χ2n) is 16.5. The molecule has 2 saturated heterocycles. The Morgan fingerprint density at radius 1 is 0.976 bits per heavy atom. The van der Waals surface area contributed by atoms with Gasteiger partial charge in [0.05, 0.1) is 31.5 Å². The van der Waals surface area contributed by atoms with Gasteiger partial charge in [-0.25, -0.2) is 4.79 Å². The first-order chi connectivity index (χ1) is 19.8. The number of aliphatic hydroxyl groups excluding tert-OH is 1. The van der Waals surface area contributed by atoms with Crippen molar-refractivity contribution in [2.24, 2.45) is 50.7 Å². The number of aliphatic carboxylic acids is 1. The van der Waals surface area contributed by atoms with Gasteiger partial charge < -0.3 is 29.3 Å². The van der Waals surface area contributed by atoms with Crippen LogP contribution in [0.1, 0.15) is 98.8 Å². The van der Waals surface area contributed by atoms with Crippen LogP contribution in [0.3, 0.4) is 0 Å². The standard InChI is InChI=1S/C34H53NO7/c1-20-18-21(6-9-25(36)37)41-27-26(20)31(4)12-13-34-19-33(34)11-10-24(42-29(39)35-14-16-40-17-15-35)30(2,3)22(33)7-8-23(34)32(31,5)28(27)38/h20-24,26-28,38H,6-19H2,1-5H3,(H,36,37)/t20-,21?,22+,23?,24?,26?,27?,28+,31?,32-,33?,34?/m1/s1. The second-order valence-corrected chi connectivity index (χ2v) is 16.5. The van der Waals surface area contributed by atoms with Gasteiger partial charge in [-0.1, -0.05) is 34.6 Å². The molecule has 8 unspecified atom stereocenters. The van der Waals surface area contributed by atoms with E-state index >= 15 is 0 Å². The summed E-state index contributed by atoms with van der Waals surface area (Å²) in [6.45, 7) is 14.2. The molecule has 2 spiro atoms. The molecule has 7 fully saturated rings. The van der Waals surface area contributed by atoms with Crippen molar-refractivity contribution in [3.8, 4) is 0 Å². The van der Waals surface area contributed by atoms with Gasteiger partial charge in [-0.05, 0) is 97.7 Å².